The highest BCUT2D eigenvalue weighted by Crippen LogP contribution is 2.44. The van der Waals surface area contributed by atoms with Gasteiger partial charge in [0, 0.05) is 51.8 Å². The molecule has 346 valence electrons. The van der Waals surface area contributed by atoms with Gasteiger partial charge in [0.15, 0.2) is 18.3 Å². The number of rotatable bonds is 16. The quantitative estimate of drug-likeness (QED) is 0.0478. The Kier molecular flexibility index (Phi) is 15.5. The first-order valence-corrected chi connectivity index (χ1v) is 20.1. The van der Waals surface area contributed by atoms with E-state index in [-0.39, 0.29) is 53.9 Å². The van der Waals surface area contributed by atoms with E-state index >= 15 is 0 Å². The summed E-state index contributed by atoms with van der Waals surface area (Å²) in [5.41, 5.74) is 4.05. The molecule has 1 fully saturated rings. The van der Waals surface area contributed by atoms with E-state index in [1.807, 2.05) is 48.5 Å². The lowest BCUT2D eigenvalue weighted by atomic mass is 9.97. The third-order valence-electron chi connectivity index (χ3n) is 9.97. The minimum absolute atomic E-state index is 0.0391. The number of hydrogen-bond acceptors (Lipinski definition) is 18. The Labute approximate surface area is 375 Å². The van der Waals surface area contributed by atoms with Crippen molar-refractivity contribution in [2.45, 2.75) is 70.4 Å². The van der Waals surface area contributed by atoms with Crippen LogP contribution in [0.15, 0.2) is 91.0 Å². The van der Waals surface area contributed by atoms with E-state index in [0.717, 1.165) is 62.3 Å². The number of ether oxygens (including phenoxy) is 9. The van der Waals surface area contributed by atoms with Crippen LogP contribution in [-0.4, -0.2) is 97.9 Å². The minimum Gasteiger partial charge on any atom is -0.467 e. The van der Waals surface area contributed by atoms with Crippen molar-refractivity contribution >= 4 is 53.4 Å². The average Bonchev–Trinajstić information content (AvgIpc) is 3.60. The summed E-state index contributed by atoms with van der Waals surface area (Å²) in [4.78, 5) is 99.1. The van der Waals surface area contributed by atoms with E-state index in [9.17, 15) is 43.7 Å². The standard InChI is InChI=1S/C45H43N3O18/c1-24(49)61-38-39(62-25(2)50)41(63-26(3)51)43(66-40(38)42(53)58-4)65-36-18-13-27(22-60-45(55)64-29-16-14-28(15-17-29)48(56)57)21-35(36)47-37(52)19-20-46-44(54)59-23-34-32-11-7-5-9-30(32)31-10-6-8-12-33(31)34/h5-18,21,34,38-41,43H,19-20,22-23H2,1-4H3,(H,46,54)(H,47,52)/t38-,39-,40-,41+,43-/m0/s1. The number of amides is 2. The van der Waals surface area contributed by atoms with Gasteiger partial charge in [-0.05, 0) is 52.1 Å². The van der Waals surface area contributed by atoms with Gasteiger partial charge >= 0.3 is 36.1 Å². The van der Waals surface area contributed by atoms with Gasteiger partial charge in [0.05, 0.1) is 17.7 Å². The van der Waals surface area contributed by atoms with E-state index in [0.29, 0.717) is 0 Å². The van der Waals surface area contributed by atoms with Gasteiger partial charge in [0.1, 0.15) is 24.7 Å². The fourth-order valence-corrected chi connectivity index (χ4v) is 7.21. The number of fused-ring (bicyclic) bond motifs is 3. The number of hydrogen-bond donors (Lipinski definition) is 2. The van der Waals surface area contributed by atoms with Crippen LogP contribution >= 0.6 is 0 Å². The minimum atomic E-state index is -1.81. The first kappa shape index (κ1) is 47.4. The topological polar surface area (TPSA) is 270 Å². The molecule has 4 aromatic rings. The summed E-state index contributed by atoms with van der Waals surface area (Å²) >= 11 is 0. The number of anilines is 1. The maximum absolute atomic E-state index is 13.5. The Balaban J connectivity index is 1.18. The van der Waals surface area contributed by atoms with Gasteiger partial charge < -0.3 is 53.3 Å². The molecule has 4 aromatic carbocycles. The van der Waals surface area contributed by atoms with E-state index in [2.05, 4.69) is 10.6 Å². The first-order valence-electron chi connectivity index (χ1n) is 20.1. The Morgan fingerprint density at radius 2 is 1.35 bits per heavy atom. The molecular weight excluding hydrogens is 870 g/mol. The summed E-state index contributed by atoms with van der Waals surface area (Å²) in [6.07, 6.45) is -10.9. The van der Waals surface area contributed by atoms with Crippen LogP contribution < -0.4 is 20.1 Å². The van der Waals surface area contributed by atoms with Gasteiger partial charge in [-0.3, -0.25) is 29.3 Å². The molecule has 21 nitrogen and oxygen atoms in total. The molecule has 0 radical (unpaired) electrons. The molecule has 66 heavy (non-hydrogen) atoms. The summed E-state index contributed by atoms with van der Waals surface area (Å²) in [5, 5.41) is 16.2. The predicted molar refractivity (Wildman–Crippen MR) is 225 cm³/mol. The molecular formula is C45H43N3O18. The number of nitrogens with one attached hydrogen (secondary N) is 2. The van der Waals surface area contributed by atoms with Crippen molar-refractivity contribution in [2.24, 2.45) is 0 Å². The largest absolute Gasteiger partial charge is 0.514 e. The summed E-state index contributed by atoms with van der Waals surface area (Å²) in [6.45, 7) is 2.48. The molecule has 0 spiro atoms. The molecule has 0 bridgehead atoms. The third kappa shape index (κ3) is 11.9. The summed E-state index contributed by atoms with van der Waals surface area (Å²) in [5.74, 6) is -4.94. The van der Waals surface area contributed by atoms with Crippen LogP contribution in [0.1, 0.15) is 49.8 Å². The van der Waals surface area contributed by atoms with E-state index in [4.69, 9.17) is 42.6 Å². The lowest BCUT2D eigenvalue weighted by Gasteiger charge is -2.43. The fraction of sp³-hybridized carbons (Fsp3) is 0.311. The molecule has 0 unspecified atom stereocenters. The molecule has 1 saturated heterocycles. The molecule has 2 N–H and O–H groups in total. The van der Waals surface area contributed by atoms with E-state index in [1.54, 1.807) is 0 Å². The fourth-order valence-electron chi connectivity index (χ4n) is 7.21. The SMILES string of the molecule is COC(=O)[C@H]1O[C@H](Oc2ccc(COC(=O)Oc3ccc([N+](=O)[O-])cc3)cc2NC(=O)CCNC(=O)OCC2c3ccccc3-c3ccccc32)[C@H](OC(C)=O)[C@@H](OC(C)=O)[C@@H]1OC(C)=O. The zero-order valence-corrected chi connectivity index (χ0v) is 35.7. The third-order valence-corrected chi connectivity index (χ3v) is 9.97. The number of nitrogens with zero attached hydrogens (tertiary/aromatic N) is 1. The van der Waals surface area contributed by atoms with Crippen LogP contribution in [0, 0.1) is 10.1 Å². The number of benzene rings is 4. The van der Waals surface area contributed by atoms with Crippen LogP contribution in [-0.2, 0) is 63.7 Å². The van der Waals surface area contributed by atoms with Crippen LogP contribution in [0.5, 0.6) is 11.5 Å². The van der Waals surface area contributed by atoms with Crippen LogP contribution in [0.2, 0.25) is 0 Å². The number of esters is 4. The van der Waals surface area contributed by atoms with E-state index < -0.39 is 84.3 Å². The average molecular weight is 914 g/mol. The second-order valence-electron chi connectivity index (χ2n) is 14.6. The van der Waals surface area contributed by atoms with Crippen LogP contribution in [0.3, 0.4) is 0 Å². The Morgan fingerprint density at radius 1 is 0.742 bits per heavy atom. The maximum Gasteiger partial charge on any atom is 0.514 e. The number of nitro benzene ring substituents is 1. The molecule has 21 heteroatoms. The van der Waals surface area contributed by atoms with Crippen molar-refractivity contribution in [3.63, 3.8) is 0 Å². The number of methoxy groups -OCH3 is 1. The van der Waals surface area contributed by atoms with Crippen molar-refractivity contribution in [1.82, 2.24) is 5.32 Å². The van der Waals surface area contributed by atoms with Crippen molar-refractivity contribution in [2.75, 3.05) is 25.6 Å². The van der Waals surface area contributed by atoms with E-state index in [1.165, 1.54) is 30.3 Å². The Hall–Kier alpha value is -8.07. The Bertz CT molecular complexity index is 2450. The van der Waals surface area contributed by atoms with Gasteiger partial charge in [-0.1, -0.05) is 54.6 Å². The summed E-state index contributed by atoms with van der Waals surface area (Å²) < 4.78 is 48.9. The lowest BCUT2D eigenvalue weighted by Crippen LogP contribution is -2.64. The number of carbonyl (C=O) groups is 7. The highest BCUT2D eigenvalue weighted by molar-refractivity contribution is 5.92. The van der Waals surface area contributed by atoms with Gasteiger partial charge in [0.25, 0.3) is 5.69 Å². The molecule has 1 aliphatic carbocycles. The second-order valence-corrected chi connectivity index (χ2v) is 14.6. The van der Waals surface area contributed by atoms with Crippen molar-refractivity contribution in [1.29, 1.82) is 0 Å². The highest BCUT2D eigenvalue weighted by Gasteiger charge is 2.56. The first-order chi connectivity index (χ1) is 31.6. The number of carbonyl (C=O) groups excluding carboxylic acids is 7. The summed E-state index contributed by atoms with van der Waals surface area (Å²) in [6, 6.07) is 24.3. The van der Waals surface area contributed by atoms with Crippen molar-refractivity contribution < 1.29 is 81.1 Å². The van der Waals surface area contributed by atoms with Crippen molar-refractivity contribution in [3.05, 3.63) is 118 Å². The molecule has 1 aliphatic heterocycles. The molecule has 2 amide bonds. The number of non-ortho nitro benzene ring substituents is 1. The van der Waals surface area contributed by atoms with Gasteiger partial charge in [0.2, 0.25) is 18.3 Å². The zero-order valence-electron chi connectivity index (χ0n) is 35.7. The predicted octanol–water partition coefficient (Wildman–Crippen LogP) is 5.25. The smallest absolute Gasteiger partial charge is 0.467 e. The monoisotopic (exact) mass is 913 g/mol. The molecule has 0 aromatic heterocycles. The maximum atomic E-state index is 13.5. The van der Waals surface area contributed by atoms with Gasteiger partial charge in [-0.25, -0.2) is 14.4 Å². The van der Waals surface area contributed by atoms with Crippen LogP contribution in [0.4, 0.5) is 21.0 Å². The molecule has 5 atom stereocenters. The Morgan fingerprint density at radius 3 is 1.95 bits per heavy atom. The van der Waals surface area contributed by atoms with Crippen LogP contribution in [0.25, 0.3) is 11.1 Å². The molecule has 2 aliphatic rings. The van der Waals surface area contributed by atoms with Crippen molar-refractivity contribution in [3.8, 4) is 22.6 Å². The number of nitro groups is 1. The molecule has 1 heterocycles. The zero-order chi connectivity index (χ0) is 47.5. The molecule has 0 saturated carbocycles. The van der Waals surface area contributed by atoms with Gasteiger partial charge in [-0.2, -0.15) is 0 Å². The molecule has 6 rings (SSSR count). The summed E-state index contributed by atoms with van der Waals surface area (Å²) in [7, 11) is 1.02. The second kappa shape index (κ2) is 21.5. The normalized spacial score (nSPS) is 18.2. The number of alkyl carbamates (subject to hydrolysis) is 1. The lowest BCUT2D eigenvalue weighted by molar-refractivity contribution is -0.384. The highest BCUT2D eigenvalue weighted by atomic mass is 16.7. The van der Waals surface area contributed by atoms with Gasteiger partial charge in [-0.15, -0.1) is 0 Å².